The molecule has 0 aromatic carbocycles. The van der Waals surface area contributed by atoms with Gasteiger partial charge >= 0.3 is 0 Å². The van der Waals surface area contributed by atoms with Crippen molar-refractivity contribution in [2.75, 3.05) is 32.5 Å². The predicted molar refractivity (Wildman–Crippen MR) is 110 cm³/mol. The molecule has 0 unspecified atom stereocenters. The lowest BCUT2D eigenvalue weighted by molar-refractivity contribution is -0.119. The van der Waals surface area contributed by atoms with Crippen LogP contribution in [-0.4, -0.2) is 58.7 Å². The van der Waals surface area contributed by atoms with E-state index < -0.39 is 0 Å². The van der Waals surface area contributed by atoms with Crippen LogP contribution in [0.1, 0.15) is 39.3 Å². The smallest absolute Gasteiger partial charge is 0.204 e. The lowest BCUT2D eigenvalue weighted by Gasteiger charge is -2.14. The minimum atomic E-state index is -0.210. The molecule has 2 N–H and O–H groups in total. The normalized spacial score (nSPS) is 15.5. The number of Topliss-reactive ketones (excluding diaryl/α,β-unsaturated/α-hetero) is 2. The standard InChI is InChI=1S/C20H24N4O3S/c1-4-21-16-8-5-12(10-22-16)18(26)14-6-7-15-20(19(14)27)28-17(23-15)9-13(25)11-24(2)3/h5,8,10,26H,4,6-7,9,11H2,1-3H3,(H,21,22). The Morgan fingerprint density at radius 3 is 2.75 bits per heavy atom. The lowest BCUT2D eigenvalue weighted by Crippen LogP contribution is -2.22. The molecule has 0 bridgehead atoms. The van der Waals surface area contributed by atoms with Gasteiger partial charge in [-0.3, -0.25) is 9.59 Å². The highest BCUT2D eigenvalue weighted by Gasteiger charge is 2.29. The second-order valence-corrected chi connectivity index (χ2v) is 8.04. The number of ketones is 2. The zero-order valence-electron chi connectivity index (χ0n) is 16.3. The van der Waals surface area contributed by atoms with E-state index in [0.29, 0.717) is 40.4 Å². The molecule has 2 aromatic heterocycles. The zero-order chi connectivity index (χ0) is 20.3. The number of fused-ring (bicyclic) bond motifs is 1. The second-order valence-electron chi connectivity index (χ2n) is 6.96. The number of allylic oxidation sites excluding steroid dienone is 1. The fourth-order valence-corrected chi connectivity index (χ4v) is 4.22. The van der Waals surface area contributed by atoms with Crippen molar-refractivity contribution in [3.8, 4) is 0 Å². The highest BCUT2D eigenvalue weighted by Crippen LogP contribution is 2.33. The molecular weight excluding hydrogens is 376 g/mol. The number of aromatic nitrogens is 2. The first-order chi connectivity index (χ1) is 13.4. The van der Waals surface area contributed by atoms with Crippen LogP contribution < -0.4 is 5.32 Å². The van der Waals surface area contributed by atoms with Crippen LogP contribution in [0.25, 0.3) is 5.76 Å². The van der Waals surface area contributed by atoms with Gasteiger partial charge in [-0.05, 0) is 46.0 Å². The topological polar surface area (TPSA) is 95.4 Å². The molecule has 2 aromatic rings. The summed E-state index contributed by atoms with van der Waals surface area (Å²) >= 11 is 1.25. The first-order valence-corrected chi connectivity index (χ1v) is 10.0. The Hall–Kier alpha value is -2.58. The van der Waals surface area contributed by atoms with Gasteiger partial charge in [0.2, 0.25) is 5.78 Å². The van der Waals surface area contributed by atoms with Gasteiger partial charge in [-0.2, -0.15) is 0 Å². The Balaban J connectivity index is 1.81. The number of nitrogens with one attached hydrogen (secondary N) is 1. The van der Waals surface area contributed by atoms with Crippen LogP contribution in [0, 0.1) is 0 Å². The maximum Gasteiger partial charge on any atom is 0.204 e. The lowest BCUT2D eigenvalue weighted by atomic mass is 9.93. The number of carbonyl (C=O) groups is 2. The minimum absolute atomic E-state index is 0.0372. The SMILES string of the molecule is CCNc1ccc(C(O)=C2CCc3nc(CC(=O)CN(C)C)sc3C2=O)cn1. The van der Waals surface area contributed by atoms with Gasteiger partial charge in [0.05, 0.1) is 23.5 Å². The summed E-state index contributed by atoms with van der Waals surface area (Å²) in [6, 6.07) is 3.52. The molecule has 0 aliphatic heterocycles. The van der Waals surface area contributed by atoms with E-state index in [-0.39, 0.29) is 23.7 Å². The monoisotopic (exact) mass is 400 g/mol. The maximum atomic E-state index is 12.9. The van der Waals surface area contributed by atoms with E-state index in [9.17, 15) is 14.7 Å². The van der Waals surface area contributed by atoms with Crippen molar-refractivity contribution >= 4 is 34.5 Å². The fraction of sp³-hybridized carbons (Fsp3) is 0.400. The summed E-state index contributed by atoms with van der Waals surface area (Å²) in [4.78, 5) is 36.0. The number of hydrogen-bond acceptors (Lipinski definition) is 8. The molecular formula is C20H24N4O3S. The van der Waals surface area contributed by atoms with Crippen LogP contribution in [0.15, 0.2) is 23.9 Å². The number of nitrogens with zero attached hydrogens (tertiary/aromatic N) is 3. The average Bonchev–Trinajstić information content (AvgIpc) is 3.05. The molecule has 1 aliphatic carbocycles. The van der Waals surface area contributed by atoms with Crippen molar-refractivity contribution < 1.29 is 14.7 Å². The third-order valence-electron chi connectivity index (χ3n) is 4.36. The summed E-state index contributed by atoms with van der Waals surface area (Å²) in [6.07, 6.45) is 2.77. The summed E-state index contributed by atoms with van der Waals surface area (Å²) < 4.78 is 0. The number of carbonyl (C=O) groups excluding carboxylic acids is 2. The first-order valence-electron chi connectivity index (χ1n) is 9.21. The summed E-state index contributed by atoms with van der Waals surface area (Å²) in [5.41, 5.74) is 1.61. The van der Waals surface area contributed by atoms with Crippen LogP contribution in [0.5, 0.6) is 0 Å². The van der Waals surface area contributed by atoms with Gasteiger partial charge in [0, 0.05) is 23.9 Å². The van der Waals surface area contributed by atoms with Crippen molar-refractivity contribution in [2.24, 2.45) is 0 Å². The van der Waals surface area contributed by atoms with Gasteiger partial charge in [-0.25, -0.2) is 9.97 Å². The van der Waals surface area contributed by atoms with Crippen LogP contribution in [0.3, 0.4) is 0 Å². The van der Waals surface area contributed by atoms with Gasteiger partial charge in [0.1, 0.15) is 16.6 Å². The third-order valence-corrected chi connectivity index (χ3v) is 5.45. The highest BCUT2D eigenvalue weighted by atomic mass is 32.1. The molecule has 28 heavy (non-hydrogen) atoms. The van der Waals surface area contributed by atoms with Gasteiger partial charge in [-0.1, -0.05) is 0 Å². The molecule has 0 spiro atoms. The Bertz CT molecular complexity index is 916. The Kier molecular flexibility index (Phi) is 6.21. The third kappa shape index (κ3) is 4.45. The molecule has 0 fully saturated rings. The first kappa shape index (κ1) is 20.2. The van der Waals surface area contributed by atoms with Crippen molar-refractivity contribution in [2.45, 2.75) is 26.2 Å². The highest BCUT2D eigenvalue weighted by molar-refractivity contribution is 7.14. The number of rotatable bonds is 7. The van der Waals surface area contributed by atoms with E-state index >= 15 is 0 Å². The number of aliphatic hydroxyl groups is 1. The van der Waals surface area contributed by atoms with Gasteiger partial charge < -0.3 is 15.3 Å². The van der Waals surface area contributed by atoms with Crippen molar-refractivity contribution in [3.05, 3.63) is 45.0 Å². The number of likely N-dealkylation sites (N-methyl/N-ethyl adjacent to an activating group) is 1. The Labute approximate surface area is 168 Å². The van der Waals surface area contributed by atoms with Gasteiger partial charge in [0.15, 0.2) is 5.78 Å². The van der Waals surface area contributed by atoms with Crippen molar-refractivity contribution in [1.82, 2.24) is 14.9 Å². The van der Waals surface area contributed by atoms with E-state index in [2.05, 4.69) is 15.3 Å². The van der Waals surface area contributed by atoms with Gasteiger partial charge in [-0.15, -0.1) is 11.3 Å². The summed E-state index contributed by atoms with van der Waals surface area (Å²) in [7, 11) is 3.68. The van der Waals surface area contributed by atoms with E-state index in [0.717, 1.165) is 18.1 Å². The van der Waals surface area contributed by atoms with Crippen molar-refractivity contribution in [3.63, 3.8) is 0 Å². The molecule has 0 saturated heterocycles. The number of aryl methyl sites for hydroxylation is 1. The number of thiazole rings is 1. The van der Waals surface area contributed by atoms with Crippen LogP contribution in [-0.2, 0) is 17.6 Å². The number of anilines is 1. The van der Waals surface area contributed by atoms with E-state index in [1.165, 1.54) is 11.3 Å². The summed E-state index contributed by atoms with van der Waals surface area (Å²) in [5, 5.41) is 14.4. The average molecular weight is 401 g/mol. The quantitative estimate of drug-likeness (QED) is 0.545. The van der Waals surface area contributed by atoms with E-state index in [1.54, 1.807) is 18.3 Å². The Morgan fingerprint density at radius 2 is 2.11 bits per heavy atom. The fourth-order valence-electron chi connectivity index (χ4n) is 3.11. The van der Waals surface area contributed by atoms with Crippen LogP contribution in [0.4, 0.5) is 5.82 Å². The molecule has 8 heteroatoms. The zero-order valence-corrected chi connectivity index (χ0v) is 17.1. The summed E-state index contributed by atoms with van der Waals surface area (Å²) in [5.74, 6) is 0.535. The molecule has 2 heterocycles. The largest absolute Gasteiger partial charge is 0.507 e. The molecule has 0 atom stereocenters. The molecule has 7 nitrogen and oxygen atoms in total. The molecule has 0 saturated carbocycles. The number of aliphatic hydroxyl groups excluding tert-OH is 1. The van der Waals surface area contributed by atoms with Crippen molar-refractivity contribution in [1.29, 1.82) is 0 Å². The molecule has 0 amide bonds. The molecule has 0 radical (unpaired) electrons. The second kappa shape index (κ2) is 8.62. The summed E-state index contributed by atoms with van der Waals surface area (Å²) in [6.45, 7) is 3.08. The number of hydrogen-bond donors (Lipinski definition) is 2. The van der Waals surface area contributed by atoms with Gasteiger partial charge in [0.25, 0.3) is 0 Å². The van der Waals surface area contributed by atoms with E-state index in [1.807, 2.05) is 25.9 Å². The number of pyridine rings is 1. The van der Waals surface area contributed by atoms with Crippen LogP contribution >= 0.6 is 11.3 Å². The molecule has 148 valence electrons. The van der Waals surface area contributed by atoms with E-state index in [4.69, 9.17) is 0 Å². The maximum absolute atomic E-state index is 12.9. The predicted octanol–water partition coefficient (Wildman–Crippen LogP) is 2.74. The Morgan fingerprint density at radius 1 is 1.32 bits per heavy atom. The molecule has 1 aliphatic rings. The van der Waals surface area contributed by atoms with Crippen LogP contribution in [0.2, 0.25) is 0 Å². The minimum Gasteiger partial charge on any atom is -0.507 e. The molecule has 3 rings (SSSR count).